The van der Waals surface area contributed by atoms with Crippen LogP contribution in [0, 0.1) is 6.92 Å². The van der Waals surface area contributed by atoms with Crippen molar-refractivity contribution in [1.29, 1.82) is 0 Å². The first kappa shape index (κ1) is 12.5. The summed E-state index contributed by atoms with van der Waals surface area (Å²) in [5.74, 6) is 0. The second-order valence-corrected chi connectivity index (χ2v) is 1.65. The van der Waals surface area contributed by atoms with Gasteiger partial charge in [-0.2, -0.15) is 0 Å². The van der Waals surface area contributed by atoms with E-state index < -0.39 is 0 Å². The van der Waals surface area contributed by atoms with Crippen LogP contribution in [-0.2, 0) is 0 Å². The number of hydrogen-bond acceptors (Lipinski definition) is 1. The molecule has 0 unspecified atom stereocenters. The third kappa shape index (κ3) is 5.27. The summed E-state index contributed by atoms with van der Waals surface area (Å²) in [5.41, 5.74) is 1.32. The fraction of sp³-hybridized carbons (Fsp3) is 0.143. The van der Waals surface area contributed by atoms with Crippen LogP contribution >= 0.6 is 0 Å². The van der Waals surface area contributed by atoms with Crippen LogP contribution in [0.25, 0.3) is 0 Å². The van der Waals surface area contributed by atoms with Gasteiger partial charge in [0.1, 0.15) is 0 Å². The second-order valence-electron chi connectivity index (χ2n) is 1.65. The van der Waals surface area contributed by atoms with E-state index in [-0.39, 0.29) is 56.9 Å². The van der Waals surface area contributed by atoms with E-state index in [1.807, 2.05) is 18.2 Å². The number of benzene rings is 1. The second kappa shape index (κ2) is 6.93. The SMILES string of the molecule is Cc1ccccc1.[K+].[OH-]. The van der Waals surface area contributed by atoms with E-state index in [9.17, 15) is 0 Å². The van der Waals surface area contributed by atoms with Crippen molar-refractivity contribution in [3.63, 3.8) is 0 Å². The smallest absolute Gasteiger partial charge is 0.870 e. The third-order valence-electron chi connectivity index (χ3n) is 0.940. The molecule has 0 atom stereocenters. The third-order valence-corrected chi connectivity index (χ3v) is 0.940. The van der Waals surface area contributed by atoms with E-state index in [2.05, 4.69) is 19.1 Å². The van der Waals surface area contributed by atoms with E-state index in [1.165, 1.54) is 5.56 Å². The molecule has 1 aromatic carbocycles. The Morgan fingerprint density at radius 2 is 1.44 bits per heavy atom. The molecule has 0 aromatic heterocycles. The molecular weight excluding hydrogens is 139 g/mol. The zero-order chi connectivity index (χ0) is 5.11. The summed E-state index contributed by atoms with van der Waals surface area (Å²) in [7, 11) is 0. The Bertz CT molecular complexity index is 139. The maximum Gasteiger partial charge on any atom is 1.00 e. The monoisotopic (exact) mass is 148 g/mol. The van der Waals surface area contributed by atoms with Crippen molar-refractivity contribution >= 4 is 0 Å². The minimum atomic E-state index is 0. The topological polar surface area (TPSA) is 30.0 Å². The molecule has 0 aliphatic carbocycles. The van der Waals surface area contributed by atoms with Crippen LogP contribution in [0.3, 0.4) is 0 Å². The van der Waals surface area contributed by atoms with E-state index in [0.29, 0.717) is 0 Å². The molecule has 0 radical (unpaired) electrons. The molecule has 0 fully saturated rings. The summed E-state index contributed by atoms with van der Waals surface area (Å²) in [6.45, 7) is 2.08. The van der Waals surface area contributed by atoms with E-state index in [4.69, 9.17) is 0 Å². The van der Waals surface area contributed by atoms with Gasteiger partial charge in [-0.3, -0.25) is 0 Å². The molecular formula is C7H9KO. The Morgan fingerprint density at radius 1 is 1.00 bits per heavy atom. The predicted molar refractivity (Wildman–Crippen MR) is 33.1 cm³/mol. The molecule has 2 heteroatoms. The Labute approximate surface area is 98.2 Å². The van der Waals surface area contributed by atoms with Crippen molar-refractivity contribution in [2.75, 3.05) is 0 Å². The molecule has 1 nitrogen and oxygen atoms in total. The average Bonchev–Trinajstić information content (AvgIpc) is 1.69. The molecule has 0 heterocycles. The average molecular weight is 148 g/mol. The molecule has 0 spiro atoms. The van der Waals surface area contributed by atoms with Crippen LogP contribution in [0.4, 0.5) is 0 Å². The normalized spacial score (nSPS) is 6.78. The molecule has 1 rings (SSSR count). The summed E-state index contributed by atoms with van der Waals surface area (Å²) in [5, 5.41) is 0. The summed E-state index contributed by atoms with van der Waals surface area (Å²) in [6.07, 6.45) is 0. The number of aryl methyl sites for hydroxylation is 1. The van der Waals surface area contributed by atoms with Gasteiger partial charge >= 0.3 is 51.4 Å². The standard InChI is InChI=1S/C7H8.K.H2O/c1-7-5-3-2-4-6-7;;/h2-6H,1H3;;1H2/q;+1;/p-1. The van der Waals surface area contributed by atoms with Crippen molar-refractivity contribution in [2.45, 2.75) is 6.92 Å². The quantitative estimate of drug-likeness (QED) is 0.426. The molecule has 44 valence electrons. The van der Waals surface area contributed by atoms with Crippen molar-refractivity contribution in [3.05, 3.63) is 35.9 Å². The minimum absolute atomic E-state index is 0. The van der Waals surface area contributed by atoms with Crippen LogP contribution in [0.5, 0.6) is 0 Å². The molecule has 0 saturated heterocycles. The van der Waals surface area contributed by atoms with Crippen molar-refractivity contribution in [2.24, 2.45) is 0 Å². The first-order chi connectivity index (χ1) is 3.39. The number of rotatable bonds is 0. The molecule has 1 N–H and O–H groups in total. The first-order valence-corrected chi connectivity index (χ1v) is 2.41. The van der Waals surface area contributed by atoms with Crippen molar-refractivity contribution in [1.82, 2.24) is 0 Å². The van der Waals surface area contributed by atoms with Gasteiger partial charge in [0.2, 0.25) is 0 Å². The molecule has 9 heavy (non-hydrogen) atoms. The summed E-state index contributed by atoms with van der Waals surface area (Å²) in [4.78, 5) is 0. The molecule has 0 aliphatic rings. The van der Waals surface area contributed by atoms with Gasteiger partial charge in [0.25, 0.3) is 0 Å². The van der Waals surface area contributed by atoms with Gasteiger partial charge in [-0.15, -0.1) is 0 Å². The van der Waals surface area contributed by atoms with Crippen LogP contribution < -0.4 is 51.4 Å². The summed E-state index contributed by atoms with van der Waals surface area (Å²) >= 11 is 0. The molecule has 0 bridgehead atoms. The minimum Gasteiger partial charge on any atom is -0.870 e. The van der Waals surface area contributed by atoms with E-state index in [0.717, 1.165) is 0 Å². The Morgan fingerprint density at radius 3 is 1.67 bits per heavy atom. The van der Waals surface area contributed by atoms with Crippen LogP contribution in [-0.4, -0.2) is 5.48 Å². The van der Waals surface area contributed by atoms with E-state index >= 15 is 0 Å². The predicted octanol–water partition coefficient (Wildman–Crippen LogP) is -1.18. The zero-order valence-corrected chi connectivity index (χ0v) is 8.96. The van der Waals surface area contributed by atoms with Gasteiger partial charge < -0.3 is 5.48 Å². The van der Waals surface area contributed by atoms with Gasteiger partial charge in [-0.25, -0.2) is 0 Å². The van der Waals surface area contributed by atoms with Gasteiger partial charge in [0, 0.05) is 0 Å². The Kier molecular flexibility index (Phi) is 9.62. The van der Waals surface area contributed by atoms with Gasteiger partial charge in [0.05, 0.1) is 0 Å². The summed E-state index contributed by atoms with van der Waals surface area (Å²) < 4.78 is 0. The molecule has 0 aliphatic heterocycles. The van der Waals surface area contributed by atoms with Crippen molar-refractivity contribution < 1.29 is 56.9 Å². The molecule has 1 aromatic rings. The van der Waals surface area contributed by atoms with Gasteiger partial charge in [-0.1, -0.05) is 35.9 Å². The zero-order valence-electron chi connectivity index (χ0n) is 5.83. The number of hydrogen-bond donors (Lipinski definition) is 0. The fourth-order valence-electron chi connectivity index (χ4n) is 0.534. The largest absolute Gasteiger partial charge is 1.00 e. The van der Waals surface area contributed by atoms with Crippen LogP contribution in [0.15, 0.2) is 30.3 Å². The maximum absolute atomic E-state index is 2.08. The van der Waals surface area contributed by atoms with E-state index in [1.54, 1.807) is 0 Å². The Hall–Kier alpha value is 0.816. The molecule has 0 saturated carbocycles. The summed E-state index contributed by atoms with van der Waals surface area (Å²) in [6, 6.07) is 10.3. The van der Waals surface area contributed by atoms with Crippen molar-refractivity contribution in [3.8, 4) is 0 Å². The van der Waals surface area contributed by atoms with Gasteiger partial charge in [0.15, 0.2) is 0 Å². The van der Waals surface area contributed by atoms with Crippen LogP contribution in [0.2, 0.25) is 0 Å². The van der Waals surface area contributed by atoms with Crippen LogP contribution in [0.1, 0.15) is 5.56 Å². The van der Waals surface area contributed by atoms with Gasteiger partial charge in [-0.05, 0) is 6.92 Å². The Balaban J connectivity index is 0. The maximum atomic E-state index is 2.08. The fourth-order valence-corrected chi connectivity index (χ4v) is 0.534. The molecule has 0 amide bonds. The first-order valence-electron chi connectivity index (χ1n) is 2.41.